The quantitative estimate of drug-likeness (QED) is 0.624. The predicted molar refractivity (Wildman–Crippen MR) is 138 cm³/mol. The van der Waals surface area contributed by atoms with Crippen LogP contribution in [0.15, 0.2) is 42.0 Å². The van der Waals surface area contributed by atoms with Crippen LogP contribution in [0.25, 0.3) is 10.6 Å². The average molecular weight is 506 g/mol. The minimum absolute atomic E-state index is 0.0100. The second-order valence-electron chi connectivity index (χ2n) is 9.92. The lowest BCUT2D eigenvalue weighted by molar-refractivity contribution is 0.0932. The van der Waals surface area contributed by atoms with Gasteiger partial charge in [0.25, 0.3) is 0 Å². The lowest BCUT2D eigenvalue weighted by Gasteiger charge is -2.31. The topological polar surface area (TPSA) is 111 Å². The molecule has 2 unspecified atom stereocenters. The maximum absolute atomic E-state index is 12.8. The van der Waals surface area contributed by atoms with Crippen LogP contribution in [0.5, 0.6) is 5.75 Å². The molecule has 2 amide bonds. The third-order valence-corrected chi connectivity index (χ3v) is 8.20. The van der Waals surface area contributed by atoms with Crippen LogP contribution < -0.4 is 10.1 Å². The Morgan fingerprint density at radius 1 is 1.25 bits per heavy atom. The first-order valence-corrected chi connectivity index (χ1v) is 13.4. The highest BCUT2D eigenvalue weighted by Gasteiger charge is 2.39. The van der Waals surface area contributed by atoms with E-state index in [9.17, 15) is 15.2 Å². The zero-order valence-corrected chi connectivity index (χ0v) is 21.4. The third-order valence-electron chi connectivity index (χ3n) is 7.12. The molecule has 9 heteroatoms. The van der Waals surface area contributed by atoms with Crippen molar-refractivity contribution in [2.24, 2.45) is 5.92 Å². The first kappa shape index (κ1) is 24.5. The number of carbonyl (C=O) groups is 1. The van der Waals surface area contributed by atoms with Crippen LogP contribution in [-0.4, -0.2) is 57.6 Å². The fraction of sp³-hybridized carbons (Fsp3) is 0.481. The van der Waals surface area contributed by atoms with Crippen molar-refractivity contribution in [3.63, 3.8) is 0 Å². The van der Waals surface area contributed by atoms with E-state index in [4.69, 9.17) is 4.74 Å². The zero-order chi connectivity index (χ0) is 25.2. The van der Waals surface area contributed by atoms with Gasteiger partial charge in [0.2, 0.25) is 0 Å². The van der Waals surface area contributed by atoms with Gasteiger partial charge in [-0.1, -0.05) is 29.6 Å². The lowest BCUT2D eigenvalue weighted by Crippen LogP contribution is -2.48. The number of aliphatic hydroxyl groups is 1. The number of hydrogen-bond acceptors (Lipinski definition) is 7. The number of rotatable bonds is 5. The fourth-order valence-electron chi connectivity index (χ4n) is 5.30. The normalized spacial score (nSPS) is 23.8. The minimum atomic E-state index is -0.300. The number of benzene rings is 1. The monoisotopic (exact) mass is 505 g/mol. The molecule has 2 aliphatic carbocycles. The van der Waals surface area contributed by atoms with E-state index in [2.05, 4.69) is 39.8 Å². The summed E-state index contributed by atoms with van der Waals surface area (Å²) in [6.45, 7) is 5.06. The van der Waals surface area contributed by atoms with E-state index in [1.165, 1.54) is 5.57 Å². The van der Waals surface area contributed by atoms with E-state index in [1.807, 2.05) is 32.0 Å². The minimum Gasteiger partial charge on any atom is -0.490 e. The molecule has 8 nitrogen and oxygen atoms in total. The predicted octanol–water partition coefficient (Wildman–Crippen LogP) is 4.39. The van der Waals surface area contributed by atoms with Crippen LogP contribution in [0.3, 0.4) is 0 Å². The molecule has 1 aliphatic heterocycles. The molecule has 3 atom stereocenters. The van der Waals surface area contributed by atoms with Crippen LogP contribution in [0.2, 0.25) is 0 Å². The number of allylic oxidation sites excluding steroid dienone is 3. The molecule has 3 aliphatic rings. The molecular formula is C27H31N5O3S. The summed E-state index contributed by atoms with van der Waals surface area (Å²) in [5.74, 6) is 0.966. The smallest absolute Gasteiger partial charge is 0.317 e. The average Bonchev–Trinajstić information content (AvgIpc) is 3.52. The Labute approximate surface area is 215 Å². The number of nitrogens with one attached hydrogen (secondary N) is 1. The van der Waals surface area contributed by atoms with Gasteiger partial charge in [-0.15, -0.1) is 10.2 Å². The van der Waals surface area contributed by atoms with Crippen molar-refractivity contribution < 1.29 is 14.6 Å². The van der Waals surface area contributed by atoms with Crippen molar-refractivity contribution in [2.45, 2.75) is 63.7 Å². The summed E-state index contributed by atoms with van der Waals surface area (Å²) in [5, 5.41) is 33.2. The molecule has 0 bridgehead atoms. The Morgan fingerprint density at radius 2 is 2.06 bits per heavy atom. The van der Waals surface area contributed by atoms with E-state index in [1.54, 1.807) is 16.2 Å². The Hall–Kier alpha value is -3.22. The molecule has 0 radical (unpaired) electrons. The van der Waals surface area contributed by atoms with Crippen molar-refractivity contribution in [2.75, 3.05) is 13.1 Å². The number of likely N-dealkylation sites (tertiary alicyclic amines) is 1. The van der Waals surface area contributed by atoms with Gasteiger partial charge in [-0.3, -0.25) is 0 Å². The van der Waals surface area contributed by atoms with Gasteiger partial charge in [0.05, 0.1) is 23.8 Å². The molecule has 36 heavy (non-hydrogen) atoms. The molecule has 2 aromatic rings. The Balaban J connectivity index is 1.28. The molecule has 2 fully saturated rings. The summed E-state index contributed by atoms with van der Waals surface area (Å²) in [7, 11) is 0. The van der Waals surface area contributed by atoms with E-state index in [0.29, 0.717) is 37.2 Å². The van der Waals surface area contributed by atoms with E-state index < -0.39 is 0 Å². The van der Waals surface area contributed by atoms with Gasteiger partial charge in [-0.05, 0) is 69.2 Å². The van der Waals surface area contributed by atoms with Gasteiger partial charge < -0.3 is 20.1 Å². The van der Waals surface area contributed by atoms with Gasteiger partial charge in [0.1, 0.15) is 21.8 Å². The molecule has 2 N–H and O–H groups in total. The zero-order valence-electron chi connectivity index (χ0n) is 20.6. The molecule has 1 aromatic heterocycles. The van der Waals surface area contributed by atoms with Crippen LogP contribution in [-0.2, 0) is 0 Å². The maximum Gasteiger partial charge on any atom is 0.317 e. The van der Waals surface area contributed by atoms with Crippen LogP contribution in [0.1, 0.15) is 56.0 Å². The summed E-state index contributed by atoms with van der Waals surface area (Å²) in [5.41, 5.74) is 2.58. The van der Waals surface area contributed by atoms with Gasteiger partial charge in [0.15, 0.2) is 0 Å². The number of piperidine rings is 1. The summed E-state index contributed by atoms with van der Waals surface area (Å²) in [6, 6.07) is 7.74. The van der Waals surface area contributed by atoms with Crippen LogP contribution in [0.4, 0.5) is 4.79 Å². The second-order valence-corrected chi connectivity index (χ2v) is 10.9. The van der Waals surface area contributed by atoms with Crippen molar-refractivity contribution in [1.82, 2.24) is 20.4 Å². The molecule has 1 saturated heterocycles. The van der Waals surface area contributed by atoms with Crippen molar-refractivity contribution in [3.05, 3.63) is 52.6 Å². The SMILES string of the molecule is CC(C)Oc1ccc(-c2nnc(C3C=CC=C4C3CC[C@@H]4NC(=O)N3CCC(O)CC3)s2)cc1C#N. The highest BCUT2D eigenvalue weighted by molar-refractivity contribution is 7.14. The number of nitrogens with zero attached hydrogens (tertiary/aromatic N) is 4. The molecule has 1 aromatic carbocycles. The first-order chi connectivity index (χ1) is 17.4. The van der Waals surface area contributed by atoms with Crippen molar-refractivity contribution in [3.8, 4) is 22.4 Å². The summed E-state index contributed by atoms with van der Waals surface area (Å²) < 4.78 is 5.74. The standard InChI is InChI=1S/C27H31N5O3S/c1-16(2)35-24-9-6-17(14-18(24)15-28)25-30-31-26(36-25)22-5-3-4-21-20(22)7-8-23(21)29-27(34)32-12-10-19(33)11-13-32/h3-6,9,14,16,19-20,22-23,33H,7-8,10-13H2,1-2H3,(H,29,34)/t20?,22?,23-/m0/s1. The number of ether oxygens (including phenoxy) is 1. The highest BCUT2D eigenvalue weighted by atomic mass is 32.1. The molecule has 1 saturated carbocycles. The van der Waals surface area contributed by atoms with Crippen LogP contribution >= 0.6 is 11.3 Å². The number of nitriles is 1. The molecular weight excluding hydrogens is 474 g/mol. The Bertz CT molecular complexity index is 1220. The number of urea groups is 1. The highest BCUT2D eigenvalue weighted by Crippen LogP contribution is 2.46. The van der Waals surface area contributed by atoms with Crippen molar-refractivity contribution in [1.29, 1.82) is 5.26 Å². The summed E-state index contributed by atoms with van der Waals surface area (Å²) >= 11 is 1.55. The number of aliphatic hydroxyl groups excluding tert-OH is 1. The van der Waals surface area contributed by atoms with E-state index >= 15 is 0 Å². The summed E-state index contributed by atoms with van der Waals surface area (Å²) in [6.07, 6.45) is 9.20. The number of fused-ring (bicyclic) bond motifs is 1. The van der Waals surface area contributed by atoms with E-state index in [-0.39, 0.29) is 36.1 Å². The largest absolute Gasteiger partial charge is 0.490 e. The Morgan fingerprint density at radius 3 is 2.81 bits per heavy atom. The number of carbonyl (C=O) groups excluding carboxylic acids is 1. The van der Waals surface area contributed by atoms with Crippen LogP contribution in [0, 0.1) is 17.2 Å². The van der Waals surface area contributed by atoms with E-state index in [0.717, 1.165) is 28.4 Å². The fourth-order valence-corrected chi connectivity index (χ4v) is 6.28. The lowest BCUT2D eigenvalue weighted by atomic mass is 9.84. The number of aromatic nitrogens is 2. The first-order valence-electron chi connectivity index (χ1n) is 12.6. The number of amides is 2. The van der Waals surface area contributed by atoms with Gasteiger partial charge in [-0.25, -0.2) is 4.79 Å². The Kier molecular flexibility index (Phi) is 7.08. The molecule has 2 heterocycles. The van der Waals surface area contributed by atoms with Gasteiger partial charge in [0, 0.05) is 24.6 Å². The molecule has 0 spiro atoms. The third kappa shape index (κ3) is 5.01. The molecule has 188 valence electrons. The molecule has 5 rings (SSSR count). The summed E-state index contributed by atoms with van der Waals surface area (Å²) in [4.78, 5) is 14.6. The maximum atomic E-state index is 12.8. The van der Waals surface area contributed by atoms with Crippen molar-refractivity contribution >= 4 is 17.4 Å². The van der Waals surface area contributed by atoms with Gasteiger partial charge in [-0.2, -0.15) is 5.26 Å². The number of hydrogen-bond donors (Lipinski definition) is 2. The second kappa shape index (κ2) is 10.4. The van der Waals surface area contributed by atoms with Gasteiger partial charge >= 0.3 is 6.03 Å².